The minimum atomic E-state index is -4.95. The summed E-state index contributed by atoms with van der Waals surface area (Å²) in [6, 6.07) is 6.44. The van der Waals surface area contributed by atoms with Gasteiger partial charge in [-0.25, -0.2) is 4.39 Å². The Bertz CT molecular complexity index is 857. The van der Waals surface area contributed by atoms with Crippen molar-refractivity contribution < 1.29 is 40.2 Å². The average molecular weight is 421 g/mol. The van der Waals surface area contributed by atoms with Gasteiger partial charge in [0.05, 0.1) is 36.6 Å². The smallest absolute Gasteiger partial charge is 0.345 e. The molecule has 1 aliphatic rings. The van der Waals surface area contributed by atoms with Crippen LogP contribution in [-0.2, 0) is 28.4 Å². The summed E-state index contributed by atoms with van der Waals surface area (Å²) in [4.78, 5) is 4.22. The Balaban J connectivity index is 1.83. The molecule has 0 saturated heterocycles. The predicted octanol–water partition coefficient (Wildman–Crippen LogP) is 5.23. The van der Waals surface area contributed by atoms with Crippen LogP contribution in [0.3, 0.4) is 0 Å². The first kappa shape index (κ1) is 21.3. The van der Waals surface area contributed by atoms with Crippen molar-refractivity contribution >= 4 is 5.71 Å². The van der Waals surface area contributed by atoms with Crippen LogP contribution in [0.25, 0.3) is 0 Å². The average Bonchev–Trinajstić information content (AvgIpc) is 2.66. The maximum absolute atomic E-state index is 13.1. The number of nitrogens with zero attached hydrogens (tertiary/aromatic N) is 1. The Labute approximate surface area is 160 Å². The molecule has 156 valence electrons. The monoisotopic (exact) mass is 421 g/mol. The van der Waals surface area contributed by atoms with Gasteiger partial charge in [0.15, 0.2) is 0 Å². The zero-order valence-electron chi connectivity index (χ0n) is 14.6. The van der Waals surface area contributed by atoms with Gasteiger partial charge in [-0.1, -0.05) is 12.1 Å². The molecule has 10 heteroatoms. The number of rotatable bonds is 4. The fourth-order valence-corrected chi connectivity index (χ4v) is 2.73. The SMILES string of the molecule is Fc1ccc(C2=NCCO[C@@H]2OCc2cc(C(F)(F)F)cc(C(F)(F)F)c2)cc1. The number of ether oxygens (including phenoxy) is 2. The quantitative estimate of drug-likeness (QED) is 0.634. The van der Waals surface area contributed by atoms with Crippen molar-refractivity contribution in [1.29, 1.82) is 0 Å². The molecule has 0 spiro atoms. The highest BCUT2D eigenvalue weighted by Gasteiger charge is 2.37. The molecule has 2 aromatic carbocycles. The van der Waals surface area contributed by atoms with Crippen molar-refractivity contribution in [2.75, 3.05) is 13.2 Å². The molecular formula is C19H14F7NO2. The van der Waals surface area contributed by atoms with Crippen LogP contribution in [0, 0.1) is 5.82 Å². The Kier molecular flexibility index (Phi) is 5.95. The second-order valence-electron chi connectivity index (χ2n) is 6.20. The molecular weight excluding hydrogens is 407 g/mol. The lowest BCUT2D eigenvalue weighted by molar-refractivity contribution is -0.143. The van der Waals surface area contributed by atoms with Gasteiger partial charge in [0.25, 0.3) is 0 Å². The molecule has 0 unspecified atom stereocenters. The molecule has 1 atom stereocenters. The summed E-state index contributed by atoms with van der Waals surface area (Å²) in [7, 11) is 0. The van der Waals surface area contributed by atoms with Gasteiger partial charge in [0.2, 0.25) is 6.29 Å². The molecule has 3 rings (SSSR count). The molecule has 0 saturated carbocycles. The van der Waals surface area contributed by atoms with E-state index in [1.165, 1.54) is 24.3 Å². The van der Waals surface area contributed by atoms with Crippen LogP contribution in [0.2, 0.25) is 0 Å². The normalized spacial score (nSPS) is 17.9. The van der Waals surface area contributed by atoms with Crippen LogP contribution >= 0.6 is 0 Å². The minimum absolute atomic E-state index is 0.0476. The highest BCUT2D eigenvalue weighted by Crippen LogP contribution is 2.36. The summed E-state index contributed by atoms with van der Waals surface area (Å²) in [6.07, 6.45) is -11.0. The maximum atomic E-state index is 13.1. The van der Waals surface area contributed by atoms with E-state index in [0.29, 0.717) is 17.7 Å². The van der Waals surface area contributed by atoms with E-state index in [2.05, 4.69) is 4.99 Å². The van der Waals surface area contributed by atoms with Crippen molar-refractivity contribution in [3.05, 3.63) is 70.5 Å². The Hall–Kier alpha value is -2.46. The number of halogens is 7. The van der Waals surface area contributed by atoms with Gasteiger partial charge >= 0.3 is 12.4 Å². The molecule has 1 aliphatic heterocycles. The van der Waals surface area contributed by atoms with Crippen LogP contribution in [0.4, 0.5) is 30.7 Å². The summed E-state index contributed by atoms with van der Waals surface area (Å²) in [6.45, 7) is -0.127. The van der Waals surface area contributed by atoms with E-state index in [4.69, 9.17) is 9.47 Å². The molecule has 0 aliphatic carbocycles. The highest BCUT2D eigenvalue weighted by atomic mass is 19.4. The number of hydrogen-bond acceptors (Lipinski definition) is 3. The fraction of sp³-hybridized carbons (Fsp3) is 0.316. The van der Waals surface area contributed by atoms with Crippen molar-refractivity contribution in [2.45, 2.75) is 25.2 Å². The van der Waals surface area contributed by atoms with E-state index in [9.17, 15) is 30.7 Å². The standard InChI is InChI=1S/C19H14F7NO2/c20-15-3-1-12(2-4-15)16-17(28-6-5-27-16)29-10-11-7-13(18(21,22)23)9-14(8-11)19(24,25)26/h1-4,7-9,17H,5-6,10H2/t17-/m1/s1. The van der Waals surface area contributed by atoms with Crippen LogP contribution in [0.1, 0.15) is 22.3 Å². The van der Waals surface area contributed by atoms with Crippen LogP contribution in [0.5, 0.6) is 0 Å². The molecule has 0 N–H and O–H groups in total. The van der Waals surface area contributed by atoms with E-state index in [1.807, 2.05) is 0 Å². The summed E-state index contributed by atoms with van der Waals surface area (Å²) < 4.78 is 102. The van der Waals surface area contributed by atoms with E-state index in [-0.39, 0.29) is 30.5 Å². The number of hydrogen-bond donors (Lipinski definition) is 0. The van der Waals surface area contributed by atoms with Crippen LogP contribution in [0.15, 0.2) is 47.5 Å². The molecule has 0 radical (unpaired) electrons. The number of benzene rings is 2. The van der Waals surface area contributed by atoms with Gasteiger partial charge in [-0.15, -0.1) is 0 Å². The Morgan fingerprint density at radius 3 is 2.07 bits per heavy atom. The molecule has 1 heterocycles. The fourth-order valence-electron chi connectivity index (χ4n) is 2.73. The summed E-state index contributed by atoms with van der Waals surface area (Å²) in [5.74, 6) is -0.479. The van der Waals surface area contributed by atoms with Crippen LogP contribution < -0.4 is 0 Å². The maximum Gasteiger partial charge on any atom is 0.416 e. The third kappa shape index (κ3) is 5.33. The van der Waals surface area contributed by atoms with Crippen molar-refractivity contribution in [2.24, 2.45) is 4.99 Å². The topological polar surface area (TPSA) is 30.8 Å². The van der Waals surface area contributed by atoms with E-state index >= 15 is 0 Å². The van der Waals surface area contributed by atoms with E-state index in [1.54, 1.807) is 0 Å². The molecule has 2 aromatic rings. The van der Waals surface area contributed by atoms with Crippen molar-refractivity contribution in [1.82, 2.24) is 0 Å². The molecule has 0 bridgehead atoms. The first-order chi connectivity index (χ1) is 13.5. The zero-order chi connectivity index (χ0) is 21.2. The van der Waals surface area contributed by atoms with Gasteiger partial charge in [0, 0.05) is 5.56 Å². The lowest BCUT2D eigenvalue weighted by Gasteiger charge is -2.24. The van der Waals surface area contributed by atoms with Gasteiger partial charge in [-0.2, -0.15) is 26.3 Å². The number of aliphatic imine (C=N–C) groups is 1. The molecule has 3 nitrogen and oxygen atoms in total. The van der Waals surface area contributed by atoms with Crippen molar-refractivity contribution in [3.8, 4) is 0 Å². The minimum Gasteiger partial charge on any atom is -0.345 e. The predicted molar refractivity (Wildman–Crippen MR) is 88.8 cm³/mol. The van der Waals surface area contributed by atoms with Gasteiger partial charge in [-0.05, 0) is 35.9 Å². The summed E-state index contributed by atoms with van der Waals surface area (Å²) >= 11 is 0. The Morgan fingerprint density at radius 1 is 0.931 bits per heavy atom. The largest absolute Gasteiger partial charge is 0.416 e. The molecule has 0 amide bonds. The van der Waals surface area contributed by atoms with E-state index < -0.39 is 42.2 Å². The second kappa shape index (κ2) is 8.11. The van der Waals surface area contributed by atoms with E-state index in [0.717, 1.165) is 0 Å². The third-order valence-electron chi connectivity index (χ3n) is 4.05. The van der Waals surface area contributed by atoms with Gasteiger partial charge in [-0.3, -0.25) is 4.99 Å². The lowest BCUT2D eigenvalue weighted by Crippen LogP contribution is -2.33. The summed E-state index contributed by atoms with van der Waals surface area (Å²) in [5, 5.41) is 0. The lowest BCUT2D eigenvalue weighted by atomic mass is 10.0. The zero-order valence-corrected chi connectivity index (χ0v) is 14.6. The second-order valence-corrected chi connectivity index (χ2v) is 6.20. The molecule has 0 fully saturated rings. The van der Waals surface area contributed by atoms with Gasteiger partial charge in [0.1, 0.15) is 5.82 Å². The first-order valence-electron chi connectivity index (χ1n) is 8.36. The molecule has 29 heavy (non-hydrogen) atoms. The Morgan fingerprint density at radius 2 is 1.52 bits per heavy atom. The molecule has 0 aromatic heterocycles. The third-order valence-corrected chi connectivity index (χ3v) is 4.05. The first-order valence-corrected chi connectivity index (χ1v) is 8.36. The van der Waals surface area contributed by atoms with Crippen molar-refractivity contribution in [3.63, 3.8) is 0 Å². The number of alkyl halides is 6. The van der Waals surface area contributed by atoms with Gasteiger partial charge < -0.3 is 9.47 Å². The highest BCUT2D eigenvalue weighted by molar-refractivity contribution is 6.03. The summed E-state index contributed by atoms with van der Waals surface area (Å²) in [5.41, 5.74) is -2.43. The van der Waals surface area contributed by atoms with Crippen LogP contribution in [-0.4, -0.2) is 25.2 Å².